The Balaban J connectivity index is 1.39. The highest BCUT2D eigenvalue weighted by atomic mass is 19.1. The molecule has 1 aliphatic rings. The molecular formula is C36H45FN2O4. The summed E-state index contributed by atoms with van der Waals surface area (Å²) in [5.41, 5.74) is 1.99. The minimum absolute atomic E-state index is 0.0230. The predicted molar refractivity (Wildman–Crippen MR) is 168 cm³/mol. The van der Waals surface area contributed by atoms with E-state index in [1.807, 2.05) is 30.0 Å². The van der Waals surface area contributed by atoms with Gasteiger partial charge in [0.05, 0.1) is 12.2 Å². The maximum absolute atomic E-state index is 13.4. The number of ether oxygens (including phenoxy) is 2. The lowest BCUT2D eigenvalue weighted by Crippen LogP contribution is -2.58. The minimum atomic E-state index is -0.246. The van der Waals surface area contributed by atoms with Gasteiger partial charge in [-0.2, -0.15) is 0 Å². The van der Waals surface area contributed by atoms with Crippen LogP contribution in [0.3, 0.4) is 0 Å². The summed E-state index contributed by atoms with van der Waals surface area (Å²) in [5, 5.41) is 0. The van der Waals surface area contributed by atoms with E-state index in [0.717, 1.165) is 18.4 Å². The lowest BCUT2D eigenvalue weighted by Gasteiger charge is -2.44. The second kappa shape index (κ2) is 16.2. The summed E-state index contributed by atoms with van der Waals surface area (Å²) < 4.78 is 25.4. The van der Waals surface area contributed by atoms with E-state index >= 15 is 0 Å². The maximum Gasteiger partial charge on any atom is 0.260 e. The molecule has 1 saturated heterocycles. The molecule has 1 amide bonds. The zero-order valence-electron chi connectivity index (χ0n) is 25.8. The van der Waals surface area contributed by atoms with E-state index in [-0.39, 0.29) is 36.2 Å². The van der Waals surface area contributed by atoms with Crippen LogP contribution in [0.25, 0.3) is 0 Å². The molecule has 0 saturated carbocycles. The van der Waals surface area contributed by atoms with Gasteiger partial charge in [-0.05, 0) is 50.1 Å². The van der Waals surface area contributed by atoms with Gasteiger partial charge in [0, 0.05) is 43.3 Å². The van der Waals surface area contributed by atoms with Crippen molar-refractivity contribution in [1.82, 2.24) is 9.80 Å². The maximum atomic E-state index is 13.4. The Morgan fingerprint density at radius 2 is 1.56 bits per heavy atom. The SMILES string of the molecule is CCCCCCCCOc1ccc(C(=O)c2ccccc2)c(OCC(=O)N2C[C@H](C)N(Cc3ccc(F)cc3)C[C@H]2C)c1. The molecule has 4 rings (SSSR count). The fraction of sp³-hybridized carbons (Fsp3) is 0.444. The molecule has 3 aromatic carbocycles. The topological polar surface area (TPSA) is 59.1 Å². The van der Waals surface area contributed by atoms with E-state index < -0.39 is 0 Å². The van der Waals surface area contributed by atoms with Crippen molar-refractivity contribution in [2.24, 2.45) is 0 Å². The van der Waals surface area contributed by atoms with Gasteiger partial charge in [-0.3, -0.25) is 14.5 Å². The van der Waals surface area contributed by atoms with Gasteiger partial charge in [0.25, 0.3) is 5.91 Å². The number of ketones is 1. The van der Waals surface area contributed by atoms with E-state index in [2.05, 4.69) is 18.7 Å². The van der Waals surface area contributed by atoms with Crippen LogP contribution < -0.4 is 9.47 Å². The molecule has 0 unspecified atom stereocenters. The number of hydrogen-bond acceptors (Lipinski definition) is 5. The number of amides is 1. The summed E-state index contributed by atoms with van der Waals surface area (Å²) in [7, 11) is 0. The smallest absolute Gasteiger partial charge is 0.260 e. The monoisotopic (exact) mass is 588 g/mol. The molecule has 0 aromatic heterocycles. The van der Waals surface area contributed by atoms with Gasteiger partial charge in [-0.25, -0.2) is 4.39 Å². The summed E-state index contributed by atoms with van der Waals surface area (Å²) in [6, 6.07) is 21.0. The highest BCUT2D eigenvalue weighted by Gasteiger charge is 2.32. The van der Waals surface area contributed by atoms with E-state index in [0.29, 0.717) is 48.9 Å². The molecule has 1 heterocycles. The second-order valence-electron chi connectivity index (χ2n) is 11.6. The molecule has 2 atom stereocenters. The number of rotatable bonds is 15. The van der Waals surface area contributed by atoms with Crippen LogP contribution in [0.1, 0.15) is 80.8 Å². The van der Waals surface area contributed by atoms with Crippen LogP contribution in [-0.2, 0) is 11.3 Å². The molecule has 7 heteroatoms. The van der Waals surface area contributed by atoms with E-state index in [4.69, 9.17) is 9.47 Å². The zero-order valence-corrected chi connectivity index (χ0v) is 25.8. The molecule has 0 spiro atoms. The number of unbranched alkanes of at least 4 members (excludes halogenated alkanes) is 5. The molecule has 1 fully saturated rings. The zero-order chi connectivity index (χ0) is 30.6. The van der Waals surface area contributed by atoms with Gasteiger partial charge in [-0.1, -0.05) is 81.5 Å². The van der Waals surface area contributed by atoms with Crippen molar-refractivity contribution in [1.29, 1.82) is 0 Å². The lowest BCUT2D eigenvalue weighted by molar-refractivity contribution is -0.139. The quantitative estimate of drug-likeness (QED) is 0.138. The minimum Gasteiger partial charge on any atom is -0.493 e. The first kappa shape index (κ1) is 32.2. The number of piperazine rings is 1. The van der Waals surface area contributed by atoms with Gasteiger partial charge < -0.3 is 14.4 Å². The summed E-state index contributed by atoms with van der Waals surface area (Å²) in [4.78, 5) is 30.9. The first-order chi connectivity index (χ1) is 20.9. The molecule has 1 aliphatic heterocycles. The first-order valence-electron chi connectivity index (χ1n) is 15.6. The van der Waals surface area contributed by atoms with Crippen LogP contribution in [0.15, 0.2) is 72.8 Å². The highest BCUT2D eigenvalue weighted by molar-refractivity contribution is 6.10. The van der Waals surface area contributed by atoms with Crippen molar-refractivity contribution in [3.63, 3.8) is 0 Å². The Kier molecular flexibility index (Phi) is 12.2. The molecule has 3 aromatic rings. The summed E-state index contributed by atoms with van der Waals surface area (Å²) in [5.74, 6) is 0.429. The molecule has 0 radical (unpaired) electrons. The van der Waals surface area contributed by atoms with Crippen molar-refractivity contribution in [3.8, 4) is 11.5 Å². The molecular weight excluding hydrogens is 543 g/mol. The van der Waals surface area contributed by atoms with Gasteiger partial charge in [0.1, 0.15) is 17.3 Å². The third-order valence-corrected chi connectivity index (χ3v) is 8.09. The fourth-order valence-electron chi connectivity index (χ4n) is 5.53. The van der Waals surface area contributed by atoms with E-state index in [1.54, 1.807) is 42.5 Å². The molecule has 6 nitrogen and oxygen atoms in total. The molecule has 0 bridgehead atoms. The normalized spacial score (nSPS) is 17.1. The second-order valence-corrected chi connectivity index (χ2v) is 11.6. The van der Waals surface area contributed by atoms with Gasteiger partial charge >= 0.3 is 0 Å². The number of benzene rings is 3. The Bertz CT molecular complexity index is 1310. The van der Waals surface area contributed by atoms with Crippen molar-refractivity contribution in [2.75, 3.05) is 26.3 Å². The van der Waals surface area contributed by atoms with Crippen LogP contribution in [0.5, 0.6) is 11.5 Å². The first-order valence-corrected chi connectivity index (χ1v) is 15.6. The standard InChI is InChI=1S/C36H45FN2O4/c1-4-5-6-7-8-12-21-42-32-19-20-33(36(41)30-13-10-9-11-14-30)34(22-32)43-26-35(40)39-24-27(2)38(23-28(39)3)25-29-15-17-31(37)18-16-29/h9-11,13-20,22,27-28H,4-8,12,21,23-26H2,1-3H3/t27-,28+/m0/s1. The Morgan fingerprint density at radius 1 is 0.837 bits per heavy atom. The summed E-state index contributed by atoms with van der Waals surface area (Å²) in [6.45, 7) is 8.70. The van der Waals surface area contributed by atoms with E-state index in [1.165, 1.54) is 37.8 Å². The van der Waals surface area contributed by atoms with Gasteiger partial charge in [-0.15, -0.1) is 0 Å². The lowest BCUT2D eigenvalue weighted by atomic mass is 10.0. The number of nitrogens with zero attached hydrogens (tertiary/aromatic N) is 2. The Labute approximate surface area is 255 Å². The number of hydrogen-bond donors (Lipinski definition) is 0. The average molecular weight is 589 g/mol. The highest BCUT2D eigenvalue weighted by Crippen LogP contribution is 2.28. The van der Waals surface area contributed by atoms with Gasteiger partial charge in [0.2, 0.25) is 0 Å². The van der Waals surface area contributed by atoms with Crippen molar-refractivity contribution >= 4 is 11.7 Å². The average Bonchev–Trinajstić information content (AvgIpc) is 3.02. The molecule has 230 valence electrons. The van der Waals surface area contributed by atoms with Crippen molar-refractivity contribution in [2.45, 2.75) is 77.9 Å². The van der Waals surface area contributed by atoms with Crippen LogP contribution in [0.2, 0.25) is 0 Å². The molecule has 43 heavy (non-hydrogen) atoms. The third-order valence-electron chi connectivity index (χ3n) is 8.09. The van der Waals surface area contributed by atoms with Crippen LogP contribution >= 0.6 is 0 Å². The third kappa shape index (κ3) is 9.39. The Hall–Kier alpha value is -3.71. The Morgan fingerprint density at radius 3 is 2.30 bits per heavy atom. The van der Waals surface area contributed by atoms with Gasteiger partial charge in [0.15, 0.2) is 12.4 Å². The number of halogens is 1. The predicted octanol–water partition coefficient (Wildman–Crippen LogP) is 7.30. The van der Waals surface area contributed by atoms with Crippen molar-refractivity contribution < 1.29 is 23.5 Å². The number of carbonyl (C=O) groups is 2. The summed E-state index contributed by atoms with van der Waals surface area (Å²) >= 11 is 0. The van der Waals surface area contributed by atoms with Crippen LogP contribution in [0.4, 0.5) is 4.39 Å². The van der Waals surface area contributed by atoms with E-state index in [9.17, 15) is 14.0 Å². The number of carbonyl (C=O) groups excluding carboxylic acids is 2. The van der Waals surface area contributed by atoms with Crippen LogP contribution in [-0.4, -0.2) is 59.9 Å². The fourth-order valence-corrected chi connectivity index (χ4v) is 5.53. The molecule has 0 N–H and O–H groups in total. The largest absolute Gasteiger partial charge is 0.493 e. The van der Waals surface area contributed by atoms with Crippen LogP contribution in [0, 0.1) is 5.82 Å². The summed E-state index contributed by atoms with van der Waals surface area (Å²) in [6.07, 6.45) is 7.03. The van der Waals surface area contributed by atoms with Crippen molar-refractivity contribution in [3.05, 3.63) is 95.3 Å². The molecule has 0 aliphatic carbocycles.